The van der Waals surface area contributed by atoms with E-state index in [2.05, 4.69) is 21.3 Å². The molecule has 0 saturated carbocycles. The van der Waals surface area contributed by atoms with Gasteiger partial charge in [-0.15, -0.1) is 0 Å². The zero-order valence-corrected chi connectivity index (χ0v) is 23.2. The van der Waals surface area contributed by atoms with Gasteiger partial charge < -0.3 is 30.6 Å². The lowest BCUT2D eigenvalue weighted by molar-refractivity contribution is -0.153. The van der Waals surface area contributed by atoms with E-state index in [9.17, 15) is 28.5 Å². The van der Waals surface area contributed by atoms with E-state index in [4.69, 9.17) is 4.74 Å². The number of hydrogen-bond donors (Lipinski definition) is 5. The number of esters is 1. The van der Waals surface area contributed by atoms with Gasteiger partial charge in [0.05, 0.1) is 6.42 Å². The Balaban J connectivity index is 2.64. The first-order valence-electron chi connectivity index (χ1n) is 12.1. The first kappa shape index (κ1) is 30.6. The summed E-state index contributed by atoms with van der Waals surface area (Å²) in [6.45, 7) is 8.45. The molecule has 2 aliphatic heterocycles. The Morgan fingerprint density at radius 2 is 1.70 bits per heavy atom. The molecule has 37 heavy (non-hydrogen) atoms. The molecule has 2 bridgehead atoms. The highest BCUT2D eigenvalue weighted by Gasteiger charge is 2.33. The minimum absolute atomic E-state index is 0.136. The standard InChI is InChI=1S/C24H36N4O7S2/c1-6-16-21(30)28-20(14(4)5)24(33)35-15-9-7-8-10-36-37(34)12-17(22(31)25-16)26-23(32)19(13(2)3)27-18(29)11-15/h6-7,9,12-15,17,19-20,34H,8,10-11H2,1-5H3,(H,25,31)(H,26,32)(H,27,29)(H,28,30)/b9-7+,16-6-/t15-,17-,19-,20+,37?/m1/s1. The number of hydrogen-bond acceptors (Lipinski definition) is 8. The number of allylic oxidation sites excluding steroid dienone is 2. The molecule has 1 saturated heterocycles. The summed E-state index contributed by atoms with van der Waals surface area (Å²) in [4.78, 5) is 65.3. The molecule has 5 N–H and O–H groups in total. The highest BCUT2D eigenvalue weighted by molar-refractivity contribution is 8.81. The van der Waals surface area contributed by atoms with Crippen molar-refractivity contribution in [3.05, 3.63) is 23.9 Å². The van der Waals surface area contributed by atoms with Crippen molar-refractivity contribution < 1.29 is 33.3 Å². The summed E-state index contributed by atoms with van der Waals surface area (Å²) in [5.41, 5.74) is -0.136. The highest BCUT2D eigenvalue weighted by Crippen LogP contribution is 2.27. The predicted molar refractivity (Wildman–Crippen MR) is 144 cm³/mol. The average molecular weight is 557 g/mol. The van der Waals surface area contributed by atoms with Crippen molar-refractivity contribution in [3.63, 3.8) is 0 Å². The van der Waals surface area contributed by atoms with Crippen LogP contribution in [-0.4, -0.2) is 69.5 Å². The quantitative estimate of drug-likeness (QED) is 0.112. The second kappa shape index (κ2) is 14.3. The first-order chi connectivity index (χ1) is 17.4. The molecule has 2 aliphatic rings. The Bertz CT molecular complexity index is 994. The van der Waals surface area contributed by atoms with Gasteiger partial charge >= 0.3 is 5.97 Å². The minimum atomic E-state index is -1.42. The maximum absolute atomic E-state index is 13.2. The summed E-state index contributed by atoms with van der Waals surface area (Å²) in [5, 5.41) is 11.6. The van der Waals surface area contributed by atoms with Gasteiger partial charge in [-0.25, -0.2) is 4.79 Å². The molecule has 2 rings (SSSR count). The Hall–Kier alpha value is -2.64. The number of rotatable bonds is 2. The van der Waals surface area contributed by atoms with E-state index >= 15 is 0 Å². The van der Waals surface area contributed by atoms with E-state index in [0.29, 0.717) is 12.2 Å². The van der Waals surface area contributed by atoms with Crippen molar-refractivity contribution in [2.24, 2.45) is 11.8 Å². The van der Waals surface area contributed by atoms with Crippen LogP contribution in [0.1, 0.15) is 47.5 Å². The van der Waals surface area contributed by atoms with Gasteiger partial charge in [-0.2, -0.15) is 0 Å². The van der Waals surface area contributed by atoms with Crippen LogP contribution in [0.5, 0.6) is 0 Å². The topological polar surface area (TPSA) is 163 Å². The number of amides is 4. The van der Waals surface area contributed by atoms with Crippen LogP contribution < -0.4 is 21.3 Å². The molecule has 1 unspecified atom stereocenters. The number of fused-ring (bicyclic) bond motifs is 7. The fourth-order valence-electron chi connectivity index (χ4n) is 3.52. The molecular weight excluding hydrogens is 520 g/mol. The van der Waals surface area contributed by atoms with Crippen molar-refractivity contribution in [3.8, 4) is 0 Å². The third-order valence-electron chi connectivity index (χ3n) is 5.59. The molecule has 0 aromatic heterocycles. The van der Waals surface area contributed by atoms with E-state index < -0.39 is 63.6 Å². The summed E-state index contributed by atoms with van der Waals surface area (Å²) in [6, 6.07) is -3.36. The fraction of sp³-hybridized carbons (Fsp3) is 0.583. The third kappa shape index (κ3) is 9.31. The van der Waals surface area contributed by atoms with Crippen molar-refractivity contribution >= 4 is 55.6 Å². The molecule has 13 heteroatoms. The predicted octanol–water partition coefficient (Wildman–Crippen LogP) is 1.24. The maximum Gasteiger partial charge on any atom is 0.329 e. The van der Waals surface area contributed by atoms with Crippen molar-refractivity contribution in [1.29, 1.82) is 0 Å². The maximum atomic E-state index is 13.2. The van der Waals surface area contributed by atoms with Crippen LogP contribution in [0.25, 0.3) is 0 Å². The molecule has 0 radical (unpaired) electrons. The Labute approximate surface area is 223 Å². The van der Waals surface area contributed by atoms with Gasteiger partial charge in [0.15, 0.2) is 0 Å². The first-order valence-corrected chi connectivity index (χ1v) is 14.8. The lowest BCUT2D eigenvalue weighted by Gasteiger charge is -2.27. The molecule has 0 aromatic rings. The Kier molecular flexibility index (Phi) is 11.9. The number of carbonyl (C=O) groups is 5. The molecule has 206 valence electrons. The second-order valence-electron chi connectivity index (χ2n) is 9.29. The van der Waals surface area contributed by atoms with Crippen LogP contribution in [0, 0.1) is 11.8 Å². The molecule has 0 aliphatic carbocycles. The van der Waals surface area contributed by atoms with Crippen LogP contribution in [-0.2, 0) is 28.7 Å². The minimum Gasteiger partial charge on any atom is -0.456 e. The number of ether oxygens (including phenoxy) is 1. The number of nitrogens with one attached hydrogen (secondary N) is 4. The van der Waals surface area contributed by atoms with Crippen LogP contribution in [0.3, 0.4) is 0 Å². The zero-order chi connectivity index (χ0) is 27.7. The average Bonchev–Trinajstić information content (AvgIpc) is 2.81. The second-order valence-corrected chi connectivity index (χ2v) is 12.5. The van der Waals surface area contributed by atoms with Gasteiger partial charge in [0.2, 0.25) is 11.8 Å². The lowest BCUT2D eigenvalue weighted by Crippen LogP contribution is -2.57. The summed E-state index contributed by atoms with van der Waals surface area (Å²) in [7, 11) is -0.254. The molecule has 11 nitrogen and oxygen atoms in total. The summed E-state index contributed by atoms with van der Waals surface area (Å²) >= 11 is 0. The SMILES string of the molecule is C/C=C1\NC(=O)[C@H]2/C=S(/O)SCC/C=C/[C@H](CC(=O)N[C@H](C(C)C)C(=O)N2)OC(=O)[C@H](C(C)C)NC1=O. The van der Waals surface area contributed by atoms with Crippen LogP contribution in [0.2, 0.25) is 0 Å². The van der Waals surface area contributed by atoms with Crippen molar-refractivity contribution in [2.75, 3.05) is 5.75 Å². The molecule has 5 atom stereocenters. The van der Waals surface area contributed by atoms with E-state index in [1.54, 1.807) is 39.8 Å². The van der Waals surface area contributed by atoms with Gasteiger partial charge in [0, 0.05) is 11.1 Å². The smallest absolute Gasteiger partial charge is 0.329 e. The normalized spacial score (nSPS) is 31.4. The van der Waals surface area contributed by atoms with Gasteiger partial charge in [0.1, 0.15) is 29.9 Å². The molecule has 0 spiro atoms. The molecule has 4 amide bonds. The van der Waals surface area contributed by atoms with E-state index in [1.165, 1.54) is 18.4 Å². The highest BCUT2D eigenvalue weighted by atomic mass is 33.1. The van der Waals surface area contributed by atoms with Gasteiger partial charge in [-0.3, -0.25) is 19.2 Å². The number of carbonyl (C=O) groups excluding carboxylic acids is 5. The summed E-state index contributed by atoms with van der Waals surface area (Å²) in [6.07, 6.45) is 3.99. The molecular formula is C24H36N4O7S2. The van der Waals surface area contributed by atoms with Crippen LogP contribution in [0.15, 0.2) is 23.9 Å². The molecule has 0 aromatic carbocycles. The van der Waals surface area contributed by atoms with E-state index in [1.807, 2.05) is 0 Å². The monoisotopic (exact) mass is 556 g/mol. The lowest BCUT2D eigenvalue weighted by atomic mass is 10.0. The zero-order valence-electron chi connectivity index (χ0n) is 21.6. The Morgan fingerprint density at radius 3 is 2.32 bits per heavy atom. The van der Waals surface area contributed by atoms with Gasteiger partial charge in [0.25, 0.3) is 11.8 Å². The molecule has 2 heterocycles. The fourth-order valence-corrected chi connectivity index (χ4v) is 5.79. The van der Waals surface area contributed by atoms with Crippen molar-refractivity contribution in [2.45, 2.75) is 71.7 Å². The van der Waals surface area contributed by atoms with Crippen molar-refractivity contribution in [1.82, 2.24) is 21.3 Å². The van der Waals surface area contributed by atoms with Crippen LogP contribution in [0.4, 0.5) is 0 Å². The summed E-state index contributed by atoms with van der Waals surface area (Å²) < 4.78 is 16.2. The van der Waals surface area contributed by atoms with Gasteiger partial charge in [-0.05, 0) is 41.1 Å². The Morgan fingerprint density at radius 1 is 1.03 bits per heavy atom. The molecule has 1 fully saturated rings. The third-order valence-corrected chi connectivity index (χ3v) is 8.30. The van der Waals surface area contributed by atoms with E-state index in [-0.39, 0.29) is 24.0 Å². The van der Waals surface area contributed by atoms with Crippen LogP contribution >= 0.6 is 20.6 Å². The summed E-state index contributed by atoms with van der Waals surface area (Å²) in [5.74, 6) is -3.64. The van der Waals surface area contributed by atoms with Gasteiger partial charge in [-0.1, -0.05) is 50.6 Å². The van der Waals surface area contributed by atoms with E-state index in [0.717, 1.165) is 10.8 Å². The largest absolute Gasteiger partial charge is 0.456 e.